The molecule has 0 spiro atoms. The molecule has 3 aromatic rings. The Labute approximate surface area is 165 Å². The van der Waals surface area contributed by atoms with E-state index in [-0.39, 0.29) is 17.2 Å². The maximum absolute atomic E-state index is 12.7. The second kappa shape index (κ2) is 7.21. The summed E-state index contributed by atoms with van der Waals surface area (Å²) in [7, 11) is 0. The zero-order chi connectivity index (χ0) is 19.7. The molecule has 2 heterocycles. The molecule has 0 radical (unpaired) electrons. The van der Waals surface area contributed by atoms with E-state index in [0.717, 1.165) is 5.56 Å². The van der Waals surface area contributed by atoms with Gasteiger partial charge in [-0.25, -0.2) is 9.48 Å². The van der Waals surface area contributed by atoms with Crippen molar-refractivity contribution in [2.45, 2.75) is 6.04 Å². The van der Waals surface area contributed by atoms with Crippen LogP contribution in [0.15, 0.2) is 72.6 Å². The zero-order valence-corrected chi connectivity index (χ0v) is 15.2. The molecule has 140 valence electrons. The number of carbonyl (C=O) groups is 2. The van der Waals surface area contributed by atoms with E-state index in [1.165, 1.54) is 6.20 Å². The van der Waals surface area contributed by atoms with Gasteiger partial charge in [0.15, 0.2) is 0 Å². The van der Waals surface area contributed by atoms with Crippen LogP contribution in [0.2, 0.25) is 5.02 Å². The normalized spacial score (nSPS) is 15.2. The lowest BCUT2D eigenvalue weighted by Crippen LogP contribution is -2.25. The monoisotopic (exact) mass is 394 g/mol. The number of aliphatic carboxylic acids is 1. The zero-order valence-electron chi connectivity index (χ0n) is 14.5. The van der Waals surface area contributed by atoms with Crippen molar-refractivity contribution in [1.29, 1.82) is 0 Å². The van der Waals surface area contributed by atoms with E-state index in [1.807, 2.05) is 18.2 Å². The standard InChI is InChI=1S/C20H15ClN4O3/c21-13-8-6-12(7-9-13)17-10-16(20(27)28)24-18-15(11-22-25(17)18)19(26)23-14-4-2-1-3-5-14/h1-11,17,24H,(H,23,26)(H,27,28). The van der Waals surface area contributed by atoms with E-state index in [9.17, 15) is 14.7 Å². The number of amides is 1. The molecule has 4 rings (SSSR count). The van der Waals surface area contributed by atoms with Gasteiger partial charge in [-0.1, -0.05) is 41.9 Å². The number of nitrogens with one attached hydrogen (secondary N) is 2. The maximum Gasteiger partial charge on any atom is 0.352 e. The summed E-state index contributed by atoms with van der Waals surface area (Å²) < 4.78 is 1.58. The Bertz CT molecular complexity index is 1070. The minimum Gasteiger partial charge on any atom is -0.477 e. The number of hydrogen-bond acceptors (Lipinski definition) is 4. The van der Waals surface area contributed by atoms with Crippen molar-refractivity contribution < 1.29 is 14.7 Å². The van der Waals surface area contributed by atoms with Crippen LogP contribution in [-0.4, -0.2) is 26.8 Å². The van der Waals surface area contributed by atoms with Crippen molar-refractivity contribution in [2.75, 3.05) is 10.6 Å². The topological polar surface area (TPSA) is 96.2 Å². The van der Waals surface area contributed by atoms with E-state index >= 15 is 0 Å². The molecular weight excluding hydrogens is 380 g/mol. The van der Waals surface area contributed by atoms with Gasteiger partial charge in [0.2, 0.25) is 0 Å². The van der Waals surface area contributed by atoms with Gasteiger partial charge in [0.1, 0.15) is 17.1 Å². The summed E-state index contributed by atoms with van der Waals surface area (Å²) >= 11 is 5.96. The van der Waals surface area contributed by atoms with Gasteiger partial charge in [-0.2, -0.15) is 5.10 Å². The molecule has 3 N–H and O–H groups in total. The second-order valence-electron chi connectivity index (χ2n) is 6.18. The molecule has 1 aliphatic heterocycles. The lowest BCUT2D eigenvalue weighted by Gasteiger charge is -2.24. The largest absolute Gasteiger partial charge is 0.477 e. The fourth-order valence-corrected chi connectivity index (χ4v) is 3.13. The highest BCUT2D eigenvalue weighted by atomic mass is 35.5. The van der Waals surface area contributed by atoms with Crippen LogP contribution in [0.5, 0.6) is 0 Å². The molecule has 0 aliphatic carbocycles. The van der Waals surface area contributed by atoms with Crippen molar-refractivity contribution in [3.8, 4) is 0 Å². The van der Waals surface area contributed by atoms with E-state index in [2.05, 4.69) is 15.7 Å². The lowest BCUT2D eigenvalue weighted by atomic mass is 10.0. The molecule has 1 aromatic heterocycles. The summed E-state index contributed by atoms with van der Waals surface area (Å²) in [6, 6.07) is 15.5. The first-order chi connectivity index (χ1) is 13.5. The smallest absolute Gasteiger partial charge is 0.352 e. The van der Waals surface area contributed by atoms with E-state index in [4.69, 9.17) is 11.6 Å². The quantitative estimate of drug-likeness (QED) is 0.626. The predicted octanol–water partition coefficient (Wildman–Crippen LogP) is 3.77. The third-order valence-corrected chi connectivity index (χ3v) is 4.61. The molecule has 1 aliphatic rings. The number of halogens is 1. The third-order valence-electron chi connectivity index (χ3n) is 4.35. The Balaban J connectivity index is 1.73. The van der Waals surface area contributed by atoms with Crippen LogP contribution in [-0.2, 0) is 4.79 Å². The van der Waals surface area contributed by atoms with Crippen LogP contribution < -0.4 is 10.6 Å². The van der Waals surface area contributed by atoms with Gasteiger partial charge in [-0.05, 0) is 35.9 Å². The van der Waals surface area contributed by atoms with E-state index in [1.54, 1.807) is 47.2 Å². The number of carboxylic acids is 1. The molecular formula is C20H15ClN4O3. The number of anilines is 2. The van der Waals surface area contributed by atoms with Crippen molar-refractivity contribution in [2.24, 2.45) is 0 Å². The Morgan fingerprint density at radius 3 is 2.50 bits per heavy atom. The van der Waals surface area contributed by atoms with Crippen LogP contribution in [0.25, 0.3) is 0 Å². The molecule has 8 heteroatoms. The van der Waals surface area contributed by atoms with Gasteiger partial charge in [-0.15, -0.1) is 0 Å². The fourth-order valence-electron chi connectivity index (χ4n) is 3.00. The Kier molecular flexibility index (Phi) is 4.58. The van der Waals surface area contributed by atoms with Gasteiger partial charge < -0.3 is 15.7 Å². The highest BCUT2D eigenvalue weighted by Crippen LogP contribution is 2.32. The molecule has 1 unspecified atom stereocenters. The summed E-state index contributed by atoms with van der Waals surface area (Å²) in [5.74, 6) is -1.20. The summed E-state index contributed by atoms with van der Waals surface area (Å²) in [4.78, 5) is 24.3. The Morgan fingerprint density at radius 1 is 1.11 bits per heavy atom. The van der Waals surface area contributed by atoms with Crippen LogP contribution in [0, 0.1) is 0 Å². The van der Waals surface area contributed by atoms with E-state index in [0.29, 0.717) is 16.5 Å². The number of rotatable bonds is 4. The third kappa shape index (κ3) is 3.35. The molecule has 28 heavy (non-hydrogen) atoms. The second-order valence-corrected chi connectivity index (χ2v) is 6.61. The predicted molar refractivity (Wildman–Crippen MR) is 106 cm³/mol. The molecule has 0 saturated carbocycles. The number of carbonyl (C=O) groups excluding carboxylic acids is 1. The number of hydrogen-bond donors (Lipinski definition) is 3. The summed E-state index contributed by atoms with van der Waals surface area (Å²) in [5, 5.41) is 20.0. The highest BCUT2D eigenvalue weighted by molar-refractivity contribution is 6.30. The van der Waals surface area contributed by atoms with Gasteiger partial charge in [0.25, 0.3) is 5.91 Å². The average Bonchev–Trinajstić information content (AvgIpc) is 3.13. The Morgan fingerprint density at radius 2 is 1.82 bits per heavy atom. The molecule has 7 nitrogen and oxygen atoms in total. The van der Waals surface area contributed by atoms with Crippen LogP contribution in [0.4, 0.5) is 11.5 Å². The van der Waals surface area contributed by atoms with E-state index < -0.39 is 12.0 Å². The number of allylic oxidation sites excluding steroid dienone is 1. The van der Waals surface area contributed by atoms with Crippen LogP contribution >= 0.6 is 11.6 Å². The maximum atomic E-state index is 12.7. The molecule has 1 amide bonds. The van der Waals surface area contributed by atoms with Crippen molar-refractivity contribution >= 4 is 35.0 Å². The summed E-state index contributed by atoms with van der Waals surface area (Å²) in [5.41, 5.74) is 1.65. The molecule has 2 aromatic carbocycles. The minimum absolute atomic E-state index is 0.0262. The molecule has 1 atom stereocenters. The SMILES string of the molecule is O=C(O)C1=CC(c2ccc(Cl)cc2)n2ncc(C(=O)Nc3ccccc3)c2N1. The summed E-state index contributed by atoms with van der Waals surface area (Å²) in [6.45, 7) is 0. The number of carboxylic acid groups (broad SMARTS) is 1. The van der Waals surface area contributed by atoms with Crippen molar-refractivity contribution in [3.63, 3.8) is 0 Å². The molecule has 0 bridgehead atoms. The first-order valence-corrected chi connectivity index (χ1v) is 8.82. The van der Waals surface area contributed by atoms with Gasteiger partial charge in [0, 0.05) is 10.7 Å². The molecule has 0 saturated heterocycles. The minimum atomic E-state index is -1.12. The lowest BCUT2D eigenvalue weighted by molar-refractivity contribution is -0.132. The van der Waals surface area contributed by atoms with Crippen molar-refractivity contribution in [3.05, 3.63) is 88.7 Å². The average molecular weight is 395 g/mol. The van der Waals surface area contributed by atoms with Gasteiger partial charge in [0.05, 0.1) is 12.2 Å². The van der Waals surface area contributed by atoms with Gasteiger partial charge >= 0.3 is 5.97 Å². The molecule has 0 fully saturated rings. The first-order valence-electron chi connectivity index (χ1n) is 8.44. The number of nitrogens with zero attached hydrogens (tertiary/aromatic N) is 2. The fraction of sp³-hybridized carbons (Fsp3) is 0.0500. The highest BCUT2D eigenvalue weighted by Gasteiger charge is 2.29. The Hall–Kier alpha value is -3.58. The van der Waals surface area contributed by atoms with Gasteiger partial charge in [-0.3, -0.25) is 4.79 Å². The number of benzene rings is 2. The van der Waals surface area contributed by atoms with Crippen LogP contribution in [0.3, 0.4) is 0 Å². The number of fused-ring (bicyclic) bond motifs is 1. The number of aromatic nitrogens is 2. The van der Waals surface area contributed by atoms with Crippen molar-refractivity contribution in [1.82, 2.24) is 9.78 Å². The number of para-hydroxylation sites is 1. The first kappa shape index (κ1) is 17.8. The summed E-state index contributed by atoms with van der Waals surface area (Å²) in [6.07, 6.45) is 2.96. The van der Waals surface area contributed by atoms with Crippen LogP contribution in [0.1, 0.15) is 22.0 Å².